The lowest BCUT2D eigenvalue weighted by atomic mass is 10.2. The Balaban J connectivity index is 2.22. The summed E-state index contributed by atoms with van der Waals surface area (Å²) in [4.78, 5) is 13.6. The minimum atomic E-state index is 0.815. The first-order chi connectivity index (χ1) is 10.1. The molecule has 4 nitrogen and oxygen atoms in total. The normalized spacial score (nSPS) is 10.5. The van der Waals surface area contributed by atoms with E-state index in [2.05, 4.69) is 59.9 Å². The van der Waals surface area contributed by atoms with Gasteiger partial charge in [0.15, 0.2) is 0 Å². The largest absolute Gasteiger partial charge is 0.355 e. The van der Waals surface area contributed by atoms with Crippen LogP contribution in [0, 0.1) is 6.92 Å². The number of nitrogens with zero attached hydrogens (tertiary/aromatic N) is 4. The fourth-order valence-corrected chi connectivity index (χ4v) is 2.32. The maximum absolute atomic E-state index is 4.71. The quantitative estimate of drug-likeness (QED) is 0.815. The summed E-state index contributed by atoms with van der Waals surface area (Å²) in [5.74, 6) is 1.78. The number of aromatic nitrogens is 2. The van der Waals surface area contributed by atoms with Gasteiger partial charge in [0, 0.05) is 38.4 Å². The van der Waals surface area contributed by atoms with Crippen LogP contribution in [0.2, 0.25) is 0 Å². The van der Waals surface area contributed by atoms with Gasteiger partial charge in [-0.05, 0) is 26.3 Å². The number of anilines is 2. The van der Waals surface area contributed by atoms with Crippen molar-refractivity contribution in [3.05, 3.63) is 47.7 Å². The highest BCUT2D eigenvalue weighted by Crippen LogP contribution is 2.18. The van der Waals surface area contributed by atoms with E-state index < -0.39 is 0 Å². The van der Waals surface area contributed by atoms with E-state index >= 15 is 0 Å². The Hall–Kier alpha value is -2.10. The van der Waals surface area contributed by atoms with E-state index in [9.17, 15) is 0 Å². The Kier molecular flexibility index (Phi) is 5.14. The lowest BCUT2D eigenvalue weighted by Crippen LogP contribution is -2.26. The predicted molar refractivity (Wildman–Crippen MR) is 88.9 cm³/mol. The lowest BCUT2D eigenvalue weighted by molar-refractivity contribution is 0.804. The molecule has 2 aromatic rings. The van der Waals surface area contributed by atoms with E-state index in [-0.39, 0.29) is 0 Å². The van der Waals surface area contributed by atoms with E-state index in [0.29, 0.717) is 0 Å². The number of hydrogen-bond acceptors (Lipinski definition) is 4. The minimum Gasteiger partial charge on any atom is -0.355 e. The first-order valence-corrected chi connectivity index (χ1v) is 7.49. The molecule has 1 aromatic heterocycles. The van der Waals surface area contributed by atoms with Gasteiger partial charge < -0.3 is 9.80 Å². The molecule has 0 bridgehead atoms. The molecule has 0 aliphatic heterocycles. The highest BCUT2D eigenvalue weighted by Gasteiger charge is 2.11. The summed E-state index contributed by atoms with van der Waals surface area (Å²) in [6, 6.07) is 12.5. The predicted octanol–water partition coefficient (Wildman–Crippen LogP) is 3.27. The van der Waals surface area contributed by atoms with E-state index in [1.807, 2.05) is 19.1 Å². The zero-order chi connectivity index (χ0) is 15.2. The maximum atomic E-state index is 4.71. The number of benzene rings is 1. The van der Waals surface area contributed by atoms with Gasteiger partial charge in [0.2, 0.25) is 5.95 Å². The lowest BCUT2D eigenvalue weighted by Gasteiger charge is -2.23. The number of aryl methyl sites for hydroxylation is 1. The Bertz CT molecular complexity index is 564. The molecule has 0 saturated carbocycles. The van der Waals surface area contributed by atoms with Crippen molar-refractivity contribution in [3.8, 4) is 0 Å². The molecule has 1 aromatic carbocycles. The van der Waals surface area contributed by atoms with Crippen LogP contribution in [0.25, 0.3) is 0 Å². The van der Waals surface area contributed by atoms with Gasteiger partial charge in [0.1, 0.15) is 5.82 Å². The van der Waals surface area contributed by atoms with E-state index in [1.54, 1.807) is 0 Å². The second-order valence-corrected chi connectivity index (χ2v) is 5.18. The second kappa shape index (κ2) is 7.07. The molecule has 0 radical (unpaired) electrons. The maximum Gasteiger partial charge on any atom is 0.227 e. The molecular formula is C17H24N4. The van der Waals surface area contributed by atoms with Crippen LogP contribution in [0.3, 0.4) is 0 Å². The molecular weight excluding hydrogens is 260 g/mol. The van der Waals surface area contributed by atoms with E-state index in [1.165, 1.54) is 5.56 Å². The van der Waals surface area contributed by atoms with Crippen molar-refractivity contribution >= 4 is 11.8 Å². The van der Waals surface area contributed by atoms with Crippen LogP contribution in [0.5, 0.6) is 0 Å². The van der Waals surface area contributed by atoms with E-state index in [0.717, 1.165) is 37.1 Å². The van der Waals surface area contributed by atoms with Crippen molar-refractivity contribution in [1.82, 2.24) is 9.97 Å². The summed E-state index contributed by atoms with van der Waals surface area (Å²) < 4.78 is 0. The third-order valence-electron chi connectivity index (χ3n) is 3.53. The van der Waals surface area contributed by atoms with Crippen LogP contribution in [0.15, 0.2) is 36.4 Å². The van der Waals surface area contributed by atoms with Crippen molar-refractivity contribution in [3.63, 3.8) is 0 Å². The molecule has 0 aliphatic carbocycles. The van der Waals surface area contributed by atoms with Gasteiger partial charge in [-0.25, -0.2) is 4.98 Å². The third kappa shape index (κ3) is 3.94. The van der Waals surface area contributed by atoms with Crippen LogP contribution in [0.1, 0.15) is 25.1 Å². The smallest absolute Gasteiger partial charge is 0.227 e. The summed E-state index contributed by atoms with van der Waals surface area (Å²) in [6.07, 6.45) is 0. The van der Waals surface area contributed by atoms with Crippen molar-refractivity contribution < 1.29 is 0 Å². The molecule has 21 heavy (non-hydrogen) atoms. The fraction of sp³-hybridized carbons (Fsp3) is 0.412. The molecule has 0 saturated heterocycles. The fourth-order valence-electron chi connectivity index (χ4n) is 2.32. The van der Waals surface area contributed by atoms with Crippen molar-refractivity contribution in [2.24, 2.45) is 0 Å². The first-order valence-electron chi connectivity index (χ1n) is 7.49. The topological polar surface area (TPSA) is 32.3 Å². The molecule has 1 heterocycles. The van der Waals surface area contributed by atoms with Crippen LogP contribution < -0.4 is 9.80 Å². The Morgan fingerprint density at radius 3 is 2.29 bits per heavy atom. The zero-order valence-corrected chi connectivity index (χ0v) is 13.4. The third-order valence-corrected chi connectivity index (χ3v) is 3.53. The average Bonchev–Trinajstić information content (AvgIpc) is 2.49. The van der Waals surface area contributed by atoms with Crippen LogP contribution in [-0.2, 0) is 6.54 Å². The summed E-state index contributed by atoms with van der Waals surface area (Å²) in [6.45, 7) is 8.96. The molecule has 0 fully saturated rings. The van der Waals surface area contributed by atoms with Crippen molar-refractivity contribution in [2.45, 2.75) is 27.3 Å². The minimum absolute atomic E-state index is 0.815. The van der Waals surface area contributed by atoms with Gasteiger partial charge >= 0.3 is 0 Å². The summed E-state index contributed by atoms with van der Waals surface area (Å²) in [5.41, 5.74) is 2.28. The zero-order valence-electron chi connectivity index (χ0n) is 13.4. The molecule has 0 amide bonds. The van der Waals surface area contributed by atoms with Gasteiger partial charge in [0.25, 0.3) is 0 Å². The standard InChI is InChI=1S/C17H24N4/c1-5-21(6-2)17-18-14(3)12-16(19-17)20(4)13-15-10-8-7-9-11-15/h7-12H,5-6,13H2,1-4H3. The molecule has 0 atom stereocenters. The van der Waals surface area contributed by atoms with Crippen LogP contribution >= 0.6 is 0 Å². The molecule has 112 valence electrons. The summed E-state index contributed by atoms with van der Waals surface area (Å²) >= 11 is 0. The molecule has 0 unspecified atom stereocenters. The summed E-state index contributed by atoms with van der Waals surface area (Å²) in [7, 11) is 2.07. The Morgan fingerprint density at radius 1 is 1.00 bits per heavy atom. The Labute approximate surface area is 127 Å². The monoisotopic (exact) mass is 284 g/mol. The van der Waals surface area contributed by atoms with Crippen molar-refractivity contribution in [1.29, 1.82) is 0 Å². The van der Waals surface area contributed by atoms with Gasteiger partial charge in [-0.2, -0.15) is 4.98 Å². The first kappa shape index (κ1) is 15.3. The van der Waals surface area contributed by atoms with Gasteiger partial charge in [0.05, 0.1) is 0 Å². The molecule has 2 rings (SSSR count). The second-order valence-electron chi connectivity index (χ2n) is 5.18. The Morgan fingerprint density at radius 2 is 1.67 bits per heavy atom. The number of rotatable bonds is 6. The van der Waals surface area contributed by atoms with Crippen LogP contribution in [0.4, 0.5) is 11.8 Å². The van der Waals surface area contributed by atoms with E-state index in [4.69, 9.17) is 4.98 Å². The highest BCUT2D eigenvalue weighted by molar-refractivity contribution is 5.45. The molecule has 0 aliphatic rings. The SMILES string of the molecule is CCN(CC)c1nc(C)cc(N(C)Cc2ccccc2)n1. The van der Waals surface area contributed by atoms with Gasteiger partial charge in [-0.15, -0.1) is 0 Å². The summed E-state index contributed by atoms with van der Waals surface area (Å²) in [5, 5.41) is 0. The van der Waals surface area contributed by atoms with Gasteiger partial charge in [-0.3, -0.25) is 0 Å². The van der Waals surface area contributed by atoms with Crippen LogP contribution in [-0.4, -0.2) is 30.1 Å². The van der Waals surface area contributed by atoms with Gasteiger partial charge in [-0.1, -0.05) is 30.3 Å². The molecule has 0 spiro atoms. The number of hydrogen-bond donors (Lipinski definition) is 0. The van der Waals surface area contributed by atoms with Crippen molar-refractivity contribution in [2.75, 3.05) is 29.9 Å². The highest BCUT2D eigenvalue weighted by atomic mass is 15.3. The molecule has 0 N–H and O–H groups in total. The average molecular weight is 284 g/mol. The molecule has 4 heteroatoms.